The van der Waals surface area contributed by atoms with E-state index in [-0.39, 0.29) is 5.91 Å². The molecule has 7 heteroatoms. The fourth-order valence-electron chi connectivity index (χ4n) is 2.30. The lowest BCUT2D eigenvalue weighted by Gasteiger charge is -2.28. The zero-order valence-corrected chi connectivity index (χ0v) is 13.4. The first-order valence-electron chi connectivity index (χ1n) is 7.88. The molecule has 0 bridgehead atoms. The Labute approximate surface area is 131 Å². The van der Waals surface area contributed by atoms with E-state index in [1.165, 1.54) is 0 Å². The second kappa shape index (κ2) is 8.53. The van der Waals surface area contributed by atoms with Crippen molar-refractivity contribution in [3.8, 4) is 0 Å². The molecule has 1 aromatic heterocycles. The number of amides is 1. The molecule has 7 nitrogen and oxygen atoms in total. The van der Waals surface area contributed by atoms with Crippen LogP contribution >= 0.6 is 0 Å². The SMILES string of the molecule is CCCC(=O)NCCNc1cc(N2CCOCC2)nc(C)n1. The lowest BCUT2D eigenvalue weighted by atomic mass is 10.3. The standard InChI is InChI=1S/C15H25N5O2/c1-3-4-15(21)17-6-5-16-13-11-14(19-12(2)18-13)20-7-9-22-10-8-20/h11H,3-10H2,1-2H3,(H,17,21)(H,16,18,19). The van der Waals surface area contributed by atoms with Crippen LogP contribution < -0.4 is 15.5 Å². The van der Waals surface area contributed by atoms with Crippen LogP contribution in [0.5, 0.6) is 0 Å². The second-order valence-electron chi connectivity index (χ2n) is 5.28. The summed E-state index contributed by atoms with van der Waals surface area (Å²) < 4.78 is 5.36. The molecular weight excluding hydrogens is 282 g/mol. The Balaban J connectivity index is 1.85. The summed E-state index contributed by atoms with van der Waals surface area (Å²) in [7, 11) is 0. The topological polar surface area (TPSA) is 79.4 Å². The highest BCUT2D eigenvalue weighted by Crippen LogP contribution is 2.16. The third-order valence-corrected chi connectivity index (χ3v) is 3.39. The molecule has 0 atom stereocenters. The zero-order valence-electron chi connectivity index (χ0n) is 13.4. The Morgan fingerprint density at radius 3 is 2.82 bits per heavy atom. The maximum Gasteiger partial charge on any atom is 0.220 e. The summed E-state index contributed by atoms with van der Waals surface area (Å²) in [6.07, 6.45) is 1.45. The number of aryl methyl sites for hydroxylation is 1. The van der Waals surface area contributed by atoms with E-state index in [2.05, 4.69) is 25.5 Å². The van der Waals surface area contributed by atoms with Gasteiger partial charge in [0.05, 0.1) is 13.2 Å². The highest BCUT2D eigenvalue weighted by Gasteiger charge is 2.14. The van der Waals surface area contributed by atoms with Crippen LogP contribution in [0.4, 0.5) is 11.6 Å². The van der Waals surface area contributed by atoms with Gasteiger partial charge >= 0.3 is 0 Å². The molecule has 122 valence electrons. The van der Waals surface area contributed by atoms with Crippen LogP contribution in [0.15, 0.2) is 6.07 Å². The molecule has 0 radical (unpaired) electrons. The van der Waals surface area contributed by atoms with Gasteiger partial charge in [-0.3, -0.25) is 4.79 Å². The van der Waals surface area contributed by atoms with Crippen molar-refractivity contribution < 1.29 is 9.53 Å². The molecule has 22 heavy (non-hydrogen) atoms. The predicted molar refractivity (Wildman–Crippen MR) is 86.2 cm³/mol. The minimum Gasteiger partial charge on any atom is -0.378 e. The zero-order chi connectivity index (χ0) is 15.8. The molecular formula is C15H25N5O2. The number of nitrogens with one attached hydrogen (secondary N) is 2. The summed E-state index contributed by atoms with van der Waals surface area (Å²) >= 11 is 0. The summed E-state index contributed by atoms with van der Waals surface area (Å²) in [5.74, 6) is 2.55. The second-order valence-corrected chi connectivity index (χ2v) is 5.28. The molecule has 1 fully saturated rings. The highest BCUT2D eigenvalue weighted by molar-refractivity contribution is 5.75. The van der Waals surface area contributed by atoms with Crippen molar-refractivity contribution in [2.75, 3.05) is 49.6 Å². The van der Waals surface area contributed by atoms with Crippen LogP contribution in [0.1, 0.15) is 25.6 Å². The summed E-state index contributed by atoms with van der Waals surface area (Å²) in [5, 5.41) is 6.11. The van der Waals surface area contributed by atoms with Crippen molar-refractivity contribution in [3.05, 3.63) is 11.9 Å². The Bertz CT molecular complexity index is 489. The van der Waals surface area contributed by atoms with Gasteiger partial charge in [-0.1, -0.05) is 6.92 Å². The molecule has 1 aliphatic rings. The molecule has 1 aliphatic heterocycles. The molecule has 1 aromatic rings. The number of hydrogen-bond acceptors (Lipinski definition) is 6. The number of rotatable bonds is 7. The first kappa shape index (κ1) is 16.5. The summed E-state index contributed by atoms with van der Waals surface area (Å²) in [6.45, 7) is 8.28. The van der Waals surface area contributed by atoms with Crippen molar-refractivity contribution in [3.63, 3.8) is 0 Å². The Hall–Kier alpha value is -1.89. The van der Waals surface area contributed by atoms with Crippen LogP contribution in [0.25, 0.3) is 0 Å². The van der Waals surface area contributed by atoms with Gasteiger partial charge in [-0.2, -0.15) is 0 Å². The van der Waals surface area contributed by atoms with Gasteiger partial charge in [0.15, 0.2) is 0 Å². The number of carbonyl (C=O) groups is 1. The van der Waals surface area contributed by atoms with E-state index >= 15 is 0 Å². The summed E-state index contributed by atoms with van der Waals surface area (Å²) in [5.41, 5.74) is 0. The van der Waals surface area contributed by atoms with Gasteiger partial charge in [-0.15, -0.1) is 0 Å². The lowest BCUT2D eigenvalue weighted by Crippen LogP contribution is -2.37. The fraction of sp³-hybridized carbons (Fsp3) is 0.667. The van der Waals surface area contributed by atoms with Crippen molar-refractivity contribution in [1.29, 1.82) is 0 Å². The Morgan fingerprint density at radius 1 is 1.32 bits per heavy atom. The predicted octanol–water partition coefficient (Wildman–Crippen LogP) is 0.950. The van der Waals surface area contributed by atoms with Crippen LogP contribution in [0.3, 0.4) is 0 Å². The van der Waals surface area contributed by atoms with Crippen molar-refractivity contribution in [2.45, 2.75) is 26.7 Å². The van der Waals surface area contributed by atoms with Gasteiger partial charge < -0.3 is 20.3 Å². The Kier molecular flexibility index (Phi) is 6.39. The molecule has 2 heterocycles. The van der Waals surface area contributed by atoms with Gasteiger partial charge in [0.2, 0.25) is 5.91 Å². The highest BCUT2D eigenvalue weighted by atomic mass is 16.5. The van der Waals surface area contributed by atoms with E-state index < -0.39 is 0 Å². The van der Waals surface area contributed by atoms with E-state index in [0.717, 1.165) is 50.2 Å². The van der Waals surface area contributed by atoms with Crippen molar-refractivity contribution in [2.24, 2.45) is 0 Å². The number of carbonyl (C=O) groups excluding carboxylic acids is 1. The molecule has 0 aromatic carbocycles. The van der Waals surface area contributed by atoms with Gasteiger partial charge in [0.25, 0.3) is 0 Å². The lowest BCUT2D eigenvalue weighted by molar-refractivity contribution is -0.121. The average molecular weight is 307 g/mol. The van der Waals surface area contributed by atoms with E-state index in [1.54, 1.807) is 0 Å². The Morgan fingerprint density at radius 2 is 2.09 bits per heavy atom. The van der Waals surface area contributed by atoms with Gasteiger partial charge in [-0.05, 0) is 13.3 Å². The maximum absolute atomic E-state index is 11.4. The normalized spacial score (nSPS) is 14.7. The number of hydrogen-bond donors (Lipinski definition) is 2. The molecule has 0 saturated carbocycles. The molecule has 0 spiro atoms. The van der Waals surface area contributed by atoms with Crippen LogP contribution in [0, 0.1) is 6.92 Å². The number of aromatic nitrogens is 2. The summed E-state index contributed by atoms with van der Waals surface area (Å²) in [6, 6.07) is 1.95. The average Bonchev–Trinajstić information content (AvgIpc) is 2.52. The minimum absolute atomic E-state index is 0.0946. The first-order valence-corrected chi connectivity index (χ1v) is 7.88. The molecule has 0 unspecified atom stereocenters. The van der Waals surface area contributed by atoms with E-state index in [4.69, 9.17) is 4.74 Å². The van der Waals surface area contributed by atoms with Gasteiger partial charge in [-0.25, -0.2) is 9.97 Å². The van der Waals surface area contributed by atoms with Gasteiger partial charge in [0.1, 0.15) is 17.5 Å². The van der Waals surface area contributed by atoms with E-state index in [1.807, 2.05) is 19.9 Å². The van der Waals surface area contributed by atoms with E-state index in [0.29, 0.717) is 19.5 Å². The molecule has 2 rings (SSSR count). The summed E-state index contributed by atoms with van der Waals surface area (Å²) in [4.78, 5) is 22.5. The van der Waals surface area contributed by atoms with Gasteiger partial charge in [0, 0.05) is 38.7 Å². The van der Waals surface area contributed by atoms with Crippen LogP contribution in [-0.4, -0.2) is 55.3 Å². The molecule has 1 saturated heterocycles. The number of anilines is 2. The first-order chi connectivity index (χ1) is 10.7. The van der Waals surface area contributed by atoms with Crippen LogP contribution in [0.2, 0.25) is 0 Å². The fourth-order valence-corrected chi connectivity index (χ4v) is 2.30. The third kappa shape index (κ3) is 5.14. The number of morpholine rings is 1. The molecule has 1 amide bonds. The monoisotopic (exact) mass is 307 g/mol. The van der Waals surface area contributed by atoms with E-state index in [9.17, 15) is 4.79 Å². The molecule has 2 N–H and O–H groups in total. The van der Waals surface area contributed by atoms with Crippen molar-refractivity contribution >= 4 is 17.5 Å². The number of nitrogens with zero attached hydrogens (tertiary/aromatic N) is 3. The largest absolute Gasteiger partial charge is 0.378 e. The number of ether oxygens (including phenoxy) is 1. The third-order valence-electron chi connectivity index (χ3n) is 3.39. The quantitative estimate of drug-likeness (QED) is 0.730. The maximum atomic E-state index is 11.4. The van der Waals surface area contributed by atoms with Crippen LogP contribution in [-0.2, 0) is 9.53 Å². The smallest absolute Gasteiger partial charge is 0.220 e. The minimum atomic E-state index is 0.0946. The van der Waals surface area contributed by atoms with Crippen molar-refractivity contribution in [1.82, 2.24) is 15.3 Å². The molecule has 0 aliphatic carbocycles.